The predicted octanol–water partition coefficient (Wildman–Crippen LogP) is 0.858. The second kappa shape index (κ2) is 6.39. The molecule has 0 radical (unpaired) electrons. The number of aromatic nitrogens is 2. The number of fused-ring (bicyclic) bond motifs is 1. The molecule has 8 heteroatoms. The lowest BCUT2D eigenvalue weighted by Gasteiger charge is -2.35. The Balaban J connectivity index is 2.04. The summed E-state index contributed by atoms with van der Waals surface area (Å²) < 4.78 is 6.05. The molecule has 1 aromatic carbocycles. The average Bonchev–Trinajstić information content (AvgIpc) is 3.01. The second-order valence-electron chi connectivity index (χ2n) is 5.78. The zero-order valence-corrected chi connectivity index (χ0v) is 13.8. The van der Waals surface area contributed by atoms with Crippen LogP contribution in [0.3, 0.4) is 0 Å². The van der Waals surface area contributed by atoms with E-state index in [1.54, 1.807) is 0 Å². The summed E-state index contributed by atoms with van der Waals surface area (Å²) in [5, 5.41) is 13.1. The van der Waals surface area contributed by atoms with Crippen LogP contribution in [0.5, 0.6) is 0 Å². The molecule has 25 heavy (non-hydrogen) atoms. The monoisotopic (exact) mass is 343 g/mol. The van der Waals surface area contributed by atoms with Gasteiger partial charge < -0.3 is 14.7 Å². The summed E-state index contributed by atoms with van der Waals surface area (Å²) in [6.45, 7) is 0.193. The normalized spacial score (nSPS) is 16.2. The summed E-state index contributed by atoms with van der Waals surface area (Å²) in [5.74, 6) is -2.35. The minimum atomic E-state index is -1.25. The number of amides is 1. The highest BCUT2D eigenvalue weighted by atomic mass is 16.5. The molecule has 3 rings (SSSR count). The first-order valence-corrected chi connectivity index (χ1v) is 7.65. The van der Waals surface area contributed by atoms with Crippen LogP contribution in [0.4, 0.5) is 0 Å². The molecule has 1 atom stereocenters. The maximum Gasteiger partial charge on any atom is 0.339 e. The fourth-order valence-corrected chi connectivity index (χ4v) is 3.07. The number of nitrogens with zero attached hydrogens (tertiary/aromatic N) is 3. The number of rotatable bonds is 3. The largest absolute Gasteiger partial charge is 0.478 e. The maximum absolute atomic E-state index is 13.0. The van der Waals surface area contributed by atoms with E-state index in [2.05, 4.69) is 5.10 Å². The number of carboxylic acids is 1. The van der Waals surface area contributed by atoms with Crippen molar-refractivity contribution < 1.29 is 24.2 Å². The molecule has 2 aromatic rings. The summed E-state index contributed by atoms with van der Waals surface area (Å²) in [7, 11) is 2.75. The molecule has 0 saturated heterocycles. The number of carbonyl (C=O) groups is 3. The second-order valence-corrected chi connectivity index (χ2v) is 5.78. The van der Waals surface area contributed by atoms with Gasteiger partial charge in [-0.15, -0.1) is 0 Å². The smallest absolute Gasteiger partial charge is 0.339 e. The molecule has 0 aliphatic carbocycles. The lowest BCUT2D eigenvalue weighted by Crippen LogP contribution is -2.49. The molecule has 1 aromatic heterocycles. The molecule has 130 valence electrons. The van der Waals surface area contributed by atoms with Crippen molar-refractivity contribution in [1.82, 2.24) is 14.7 Å². The fraction of sp³-hybridized carbons (Fsp3) is 0.294. The number of methoxy groups -OCH3 is 1. The van der Waals surface area contributed by atoms with Gasteiger partial charge in [-0.1, -0.05) is 24.3 Å². The summed E-state index contributed by atoms with van der Waals surface area (Å²) in [6.07, 6.45) is 1.44. The molecule has 1 N–H and O–H groups in total. The number of hydrogen-bond donors (Lipinski definition) is 1. The van der Waals surface area contributed by atoms with Crippen LogP contribution in [0.1, 0.15) is 32.0 Å². The quantitative estimate of drug-likeness (QED) is 0.830. The number of ether oxygens (including phenoxy) is 1. The summed E-state index contributed by atoms with van der Waals surface area (Å²) >= 11 is 0. The predicted molar refractivity (Wildman–Crippen MR) is 86.0 cm³/mol. The van der Waals surface area contributed by atoms with Gasteiger partial charge >= 0.3 is 11.9 Å². The highest BCUT2D eigenvalue weighted by Crippen LogP contribution is 2.26. The number of aromatic carboxylic acids is 1. The van der Waals surface area contributed by atoms with Crippen molar-refractivity contribution in [2.24, 2.45) is 7.05 Å². The number of esters is 1. The SMILES string of the molecule is COC(=O)C1Cc2ccccc2CN1C(=O)c1c(C(=O)O)cnn1C. The third-order valence-corrected chi connectivity index (χ3v) is 4.35. The van der Waals surface area contributed by atoms with E-state index in [0.717, 1.165) is 17.3 Å². The van der Waals surface area contributed by atoms with Crippen molar-refractivity contribution in [1.29, 1.82) is 0 Å². The van der Waals surface area contributed by atoms with E-state index in [1.165, 1.54) is 23.7 Å². The molecule has 8 nitrogen and oxygen atoms in total. The van der Waals surface area contributed by atoms with E-state index >= 15 is 0 Å². The number of benzene rings is 1. The van der Waals surface area contributed by atoms with Crippen LogP contribution in [0.2, 0.25) is 0 Å². The third-order valence-electron chi connectivity index (χ3n) is 4.35. The topological polar surface area (TPSA) is 102 Å². The van der Waals surface area contributed by atoms with E-state index in [4.69, 9.17) is 4.74 Å². The van der Waals surface area contributed by atoms with Crippen LogP contribution in [0.25, 0.3) is 0 Å². The molecule has 1 amide bonds. The van der Waals surface area contributed by atoms with Gasteiger partial charge in [0.05, 0.1) is 13.3 Å². The molecule has 2 heterocycles. The molecular formula is C17H17N3O5. The zero-order valence-electron chi connectivity index (χ0n) is 13.8. The Morgan fingerprint density at radius 3 is 2.56 bits per heavy atom. The van der Waals surface area contributed by atoms with Crippen LogP contribution in [-0.2, 0) is 29.5 Å². The van der Waals surface area contributed by atoms with Gasteiger partial charge in [0.2, 0.25) is 0 Å². The molecule has 0 spiro atoms. The third kappa shape index (κ3) is 2.86. The van der Waals surface area contributed by atoms with Crippen LogP contribution >= 0.6 is 0 Å². The van der Waals surface area contributed by atoms with Gasteiger partial charge in [0.1, 0.15) is 17.3 Å². The van der Waals surface area contributed by atoms with E-state index < -0.39 is 23.9 Å². The Morgan fingerprint density at radius 2 is 1.92 bits per heavy atom. The van der Waals surface area contributed by atoms with Gasteiger partial charge in [-0.2, -0.15) is 5.10 Å². The van der Waals surface area contributed by atoms with E-state index in [-0.39, 0.29) is 17.8 Å². The average molecular weight is 343 g/mol. The number of aryl methyl sites for hydroxylation is 1. The molecule has 1 unspecified atom stereocenters. The van der Waals surface area contributed by atoms with Gasteiger partial charge in [0.25, 0.3) is 5.91 Å². The van der Waals surface area contributed by atoms with Gasteiger partial charge in [-0.25, -0.2) is 9.59 Å². The highest BCUT2D eigenvalue weighted by molar-refractivity contribution is 6.04. The van der Waals surface area contributed by atoms with E-state index in [0.29, 0.717) is 6.42 Å². The van der Waals surface area contributed by atoms with E-state index in [1.807, 2.05) is 24.3 Å². The van der Waals surface area contributed by atoms with Crippen LogP contribution in [0.15, 0.2) is 30.5 Å². The van der Waals surface area contributed by atoms with E-state index in [9.17, 15) is 19.5 Å². The standard InChI is InChI=1S/C17H17N3O5/c1-19-14(12(8-18-19)16(22)23)15(21)20-9-11-6-4-3-5-10(11)7-13(20)17(24)25-2/h3-6,8,13H,7,9H2,1-2H3,(H,22,23). The van der Waals surface area contributed by atoms with Gasteiger partial charge in [0.15, 0.2) is 0 Å². The first-order valence-electron chi connectivity index (χ1n) is 7.65. The van der Waals surface area contributed by atoms with Crippen molar-refractivity contribution in [3.8, 4) is 0 Å². The summed E-state index contributed by atoms with van der Waals surface area (Å²) in [6, 6.07) is 6.69. The first kappa shape index (κ1) is 16.7. The molecule has 0 bridgehead atoms. The molecule has 1 aliphatic rings. The van der Waals surface area contributed by atoms with Gasteiger partial charge in [-0.05, 0) is 11.1 Å². The lowest BCUT2D eigenvalue weighted by molar-refractivity contribution is -0.146. The van der Waals surface area contributed by atoms with Crippen molar-refractivity contribution in [3.05, 3.63) is 52.8 Å². The number of carbonyl (C=O) groups excluding carboxylic acids is 2. The molecule has 1 aliphatic heterocycles. The Kier molecular flexibility index (Phi) is 4.26. The zero-order chi connectivity index (χ0) is 18.1. The van der Waals surface area contributed by atoms with Crippen molar-refractivity contribution in [2.45, 2.75) is 19.0 Å². The molecular weight excluding hydrogens is 326 g/mol. The first-order chi connectivity index (χ1) is 11.9. The van der Waals surface area contributed by atoms with Crippen molar-refractivity contribution in [3.63, 3.8) is 0 Å². The number of carboxylic acid groups (broad SMARTS) is 1. The Hall–Kier alpha value is -3.16. The highest BCUT2D eigenvalue weighted by Gasteiger charge is 2.38. The van der Waals surface area contributed by atoms with Crippen molar-refractivity contribution in [2.75, 3.05) is 7.11 Å². The van der Waals surface area contributed by atoms with Crippen LogP contribution in [-0.4, -0.2) is 50.8 Å². The van der Waals surface area contributed by atoms with Crippen LogP contribution in [0, 0.1) is 0 Å². The Morgan fingerprint density at radius 1 is 1.24 bits per heavy atom. The van der Waals surface area contributed by atoms with Gasteiger partial charge in [-0.3, -0.25) is 9.48 Å². The Bertz CT molecular complexity index is 858. The lowest BCUT2D eigenvalue weighted by atomic mass is 9.93. The molecule has 0 fully saturated rings. The molecule has 0 saturated carbocycles. The minimum Gasteiger partial charge on any atom is -0.478 e. The minimum absolute atomic E-state index is 0.0687. The summed E-state index contributed by atoms with van der Waals surface area (Å²) in [4.78, 5) is 38.0. The Labute approximate surface area is 143 Å². The summed E-state index contributed by atoms with van der Waals surface area (Å²) in [5.41, 5.74) is 1.61. The maximum atomic E-state index is 13.0. The van der Waals surface area contributed by atoms with Crippen LogP contribution < -0.4 is 0 Å². The van der Waals surface area contributed by atoms with Crippen molar-refractivity contribution >= 4 is 17.8 Å². The van der Waals surface area contributed by atoms with Gasteiger partial charge in [0, 0.05) is 20.0 Å². The number of hydrogen-bond acceptors (Lipinski definition) is 5. The fourth-order valence-electron chi connectivity index (χ4n) is 3.07.